The van der Waals surface area contributed by atoms with Gasteiger partial charge in [0.25, 0.3) is 0 Å². The van der Waals surface area contributed by atoms with Gasteiger partial charge in [-0.2, -0.15) is 0 Å². The summed E-state index contributed by atoms with van der Waals surface area (Å²) in [6.07, 6.45) is -0.756. The van der Waals surface area contributed by atoms with Gasteiger partial charge < -0.3 is 10.4 Å². The van der Waals surface area contributed by atoms with Crippen LogP contribution in [0.1, 0.15) is 20.8 Å². The van der Waals surface area contributed by atoms with Crippen LogP contribution >= 0.6 is 0 Å². The van der Waals surface area contributed by atoms with Gasteiger partial charge in [0.1, 0.15) is 6.23 Å². The van der Waals surface area contributed by atoms with Gasteiger partial charge in [-0.3, -0.25) is 9.69 Å². The normalized spacial score (nSPS) is 13.1. The molecular weight excluding hydrogens is 156 g/mol. The molecule has 0 radical (unpaired) electrons. The molecule has 12 heavy (non-hydrogen) atoms. The van der Waals surface area contributed by atoms with E-state index < -0.39 is 6.23 Å². The van der Waals surface area contributed by atoms with E-state index in [-0.39, 0.29) is 5.91 Å². The summed E-state index contributed by atoms with van der Waals surface area (Å²) in [7, 11) is 0. The van der Waals surface area contributed by atoms with Crippen molar-refractivity contribution in [3.8, 4) is 0 Å². The van der Waals surface area contributed by atoms with Gasteiger partial charge in [-0.1, -0.05) is 13.8 Å². The molecule has 1 atom stereocenters. The van der Waals surface area contributed by atoms with Crippen molar-refractivity contribution >= 4 is 5.91 Å². The molecule has 0 heterocycles. The van der Waals surface area contributed by atoms with Crippen LogP contribution in [-0.2, 0) is 4.79 Å². The summed E-state index contributed by atoms with van der Waals surface area (Å²) in [6.45, 7) is 7.59. The summed E-state index contributed by atoms with van der Waals surface area (Å²) >= 11 is 0. The molecular formula is C8H18N2O2. The van der Waals surface area contributed by atoms with Crippen LogP contribution in [-0.4, -0.2) is 41.8 Å². The Kier molecular flexibility index (Phi) is 5.66. The summed E-state index contributed by atoms with van der Waals surface area (Å²) in [5.74, 6) is -0.131. The highest BCUT2D eigenvalue weighted by Crippen LogP contribution is 1.86. The van der Waals surface area contributed by atoms with Crippen molar-refractivity contribution in [3.05, 3.63) is 0 Å². The summed E-state index contributed by atoms with van der Waals surface area (Å²) in [5, 5.41) is 11.2. The molecule has 4 nitrogen and oxygen atoms in total. The fourth-order valence-corrected chi connectivity index (χ4v) is 0.929. The van der Waals surface area contributed by atoms with E-state index in [2.05, 4.69) is 5.32 Å². The van der Waals surface area contributed by atoms with Gasteiger partial charge in [0.05, 0.1) is 6.54 Å². The number of nitrogens with one attached hydrogen (secondary N) is 1. The number of aliphatic hydroxyl groups is 1. The third-order valence-corrected chi connectivity index (χ3v) is 1.63. The molecule has 0 spiro atoms. The Labute approximate surface area is 73.6 Å². The second-order valence-corrected chi connectivity index (χ2v) is 2.70. The molecule has 0 aromatic heterocycles. The Balaban J connectivity index is 3.66. The molecule has 0 aromatic carbocycles. The largest absolute Gasteiger partial charge is 0.374 e. The Morgan fingerprint density at radius 1 is 1.50 bits per heavy atom. The van der Waals surface area contributed by atoms with Crippen molar-refractivity contribution < 1.29 is 9.90 Å². The highest BCUT2D eigenvalue weighted by atomic mass is 16.3. The van der Waals surface area contributed by atoms with Crippen molar-refractivity contribution in [3.63, 3.8) is 0 Å². The standard InChI is InChI=1S/C8H18N2O2/c1-4-10(5-2)6-8(12)9-7(3)11/h7,11H,4-6H2,1-3H3,(H,9,12). The van der Waals surface area contributed by atoms with Crippen molar-refractivity contribution in [1.82, 2.24) is 10.2 Å². The molecule has 0 bridgehead atoms. The first-order valence-corrected chi connectivity index (χ1v) is 4.29. The van der Waals surface area contributed by atoms with E-state index in [4.69, 9.17) is 5.11 Å². The number of rotatable bonds is 5. The van der Waals surface area contributed by atoms with Crippen LogP contribution in [0, 0.1) is 0 Å². The smallest absolute Gasteiger partial charge is 0.236 e. The molecule has 0 aromatic rings. The van der Waals surface area contributed by atoms with E-state index in [0.29, 0.717) is 6.54 Å². The number of nitrogens with zero attached hydrogens (tertiary/aromatic N) is 1. The maximum atomic E-state index is 11.1. The maximum Gasteiger partial charge on any atom is 0.236 e. The molecule has 0 saturated heterocycles. The Morgan fingerprint density at radius 2 is 2.00 bits per heavy atom. The minimum Gasteiger partial charge on any atom is -0.374 e. The van der Waals surface area contributed by atoms with Gasteiger partial charge >= 0.3 is 0 Å². The molecule has 0 saturated carbocycles. The first-order chi connectivity index (χ1) is 5.60. The Hall–Kier alpha value is -0.610. The molecule has 72 valence electrons. The first kappa shape index (κ1) is 11.4. The van der Waals surface area contributed by atoms with Crippen LogP contribution in [0.25, 0.3) is 0 Å². The lowest BCUT2D eigenvalue weighted by Gasteiger charge is -2.17. The van der Waals surface area contributed by atoms with Gasteiger partial charge in [0.15, 0.2) is 0 Å². The lowest BCUT2D eigenvalue weighted by Crippen LogP contribution is -2.40. The second-order valence-electron chi connectivity index (χ2n) is 2.70. The quantitative estimate of drug-likeness (QED) is 0.567. The minimum absolute atomic E-state index is 0.131. The summed E-state index contributed by atoms with van der Waals surface area (Å²) < 4.78 is 0. The summed E-state index contributed by atoms with van der Waals surface area (Å²) in [6, 6.07) is 0. The lowest BCUT2D eigenvalue weighted by atomic mass is 10.4. The minimum atomic E-state index is -0.756. The molecule has 0 aliphatic rings. The predicted octanol–water partition coefficient (Wildman–Crippen LogP) is -0.217. The number of hydrogen-bond acceptors (Lipinski definition) is 3. The summed E-state index contributed by atoms with van der Waals surface area (Å²) in [4.78, 5) is 13.1. The van der Waals surface area contributed by atoms with E-state index in [1.54, 1.807) is 0 Å². The zero-order chi connectivity index (χ0) is 9.56. The Bertz CT molecular complexity index is 133. The zero-order valence-electron chi connectivity index (χ0n) is 8.00. The van der Waals surface area contributed by atoms with Gasteiger partial charge in [-0.25, -0.2) is 0 Å². The fraction of sp³-hybridized carbons (Fsp3) is 0.875. The fourth-order valence-electron chi connectivity index (χ4n) is 0.929. The van der Waals surface area contributed by atoms with Gasteiger partial charge in [0.2, 0.25) is 5.91 Å². The first-order valence-electron chi connectivity index (χ1n) is 4.29. The average molecular weight is 174 g/mol. The van der Waals surface area contributed by atoms with E-state index in [0.717, 1.165) is 13.1 Å². The van der Waals surface area contributed by atoms with Crippen molar-refractivity contribution in [2.24, 2.45) is 0 Å². The van der Waals surface area contributed by atoms with Gasteiger partial charge in [-0.05, 0) is 20.0 Å². The molecule has 0 aliphatic carbocycles. The number of hydrogen-bond donors (Lipinski definition) is 2. The molecule has 1 unspecified atom stereocenters. The van der Waals surface area contributed by atoms with Crippen molar-refractivity contribution in [2.75, 3.05) is 19.6 Å². The van der Waals surface area contributed by atoms with Crippen molar-refractivity contribution in [2.45, 2.75) is 27.0 Å². The second kappa shape index (κ2) is 5.97. The van der Waals surface area contributed by atoms with Crippen LogP contribution in [0.3, 0.4) is 0 Å². The number of aliphatic hydroxyl groups excluding tert-OH is 1. The van der Waals surface area contributed by atoms with Crippen LogP contribution in [0.4, 0.5) is 0 Å². The monoisotopic (exact) mass is 174 g/mol. The van der Waals surface area contributed by atoms with Crippen LogP contribution in [0.2, 0.25) is 0 Å². The highest BCUT2D eigenvalue weighted by Gasteiger charge is 2.07. The highest BCUT2D eigenvalue weighted by molar-refractivity contribution is 5.78. The third kappa shape index (κ3) is 5.09. The molecule has 0 rings (SSSR count). The van der Waals surface area contributed by atoms with E-state index >= 15 is 0 Å². The van der Waals surface area contributed by atoms with Crippen LogP contribution in [0.15, 0.2) is 0 Å². The van der Waals surface area contributed by atoms with Crippen molar-refractivity contribution in [1.29, 1.82) is 0 Å². The zero-order valence-corrected chi connectivity index (χ0v) is 8.00. The number of amides is 1. The van der Waals surface area contributed by atoms with Gasteiger partial charge in [-0.15, -0.1) is 0 Å². The molecule has 0 fully saturated rings. The number of carbonyl (C=O) groups is 1. The van der Waals surface area contributed by atoms with E-state index in [9.17, 15) is 4.79 Å². The molecule has 2 N–H and O–H groups in total. The van der Waals surface area contributed by atoms with Crippen LogP contribution < -0.4 is 5.32 Å². The molecule has 4 heteroatoms. The number of carbonyl (C=O) groups excluding carboxylic acids is 1. The predicted molar refractivity (Wildman–Crippen MR) is 47.6 cm³/mol. The summed E-state index contributed by atoms with van der Waals surface area (Å²) in [5.41, 5.74) is 0. The maximum absolute atomic E-state index is 11.1. The van der Waals surface area contributed by atoms with E-state index in [1.807, 2.05) is 18.7 Å². The Morgan fingerprint density at radius 3 is 2.33 bits per heavy atom. The molecule has 0 aliphatic heterocycles. The topological polar surface area (TPSA) is 52.6 Å². The van der Waals surface area contributed by atoms with E-state index in [1.165, 1.54) is 6.92 Å². The lowest BCUT2D eigenvalue weighted by molar-refractivity contribution is -0.124. The molecule has 1 amide bonds. The third-order valence-electron chi connectivity index (χ3n) is 1.63. The van der Waals surface area contributed by atoms with Crippen LogP contribution in [0.5, 0.6) is 0 Å². The van der Waals surface area contributed by atoms with Gasteiger partial charge in [0, 0.05) is 0 Å². The number of likely N-dealkylation sites (N-methyl/N-ethyl adjacent to an activating group) is 1. The SMILES string of the molecule is CCN(CC)CC(=O)NC(C)O. The average Bonchev–Trinajstić information content (AvgIpc) is 1.98.